The van der Waals surface area contributed by atoms with Crippen molar-refractivity contribution in [1.82, 2.24) is 0 Å². The van der Waals surface area contributed by atoms with Gasteiger partial charge in [0.15, 0.2) is 0 Å². The summed E-state index contributed by atoms with van der Waals surface area (Å²) in [7, 11) is 1.38. The van der Waals surface area contributed by atoms with Crippen molar-refractivity contribution in [3.05, 3.63) is 23.8 Å². The number of halogens is 2. The highest BCUT2D eigenvalue weighted by molar-refractivity contribution is 5.39. The van der Waals surface area contributed by atoms with Crippen molar-refractivity contribution < 1.29 is 18.6 Å². The highest BCUT2D eigenvalue weighted by Crippen LogP contribution is 2.30. The number of ether oxygens (including phenoxy) is 1. The standard InChI is InChI=1S/C8H8F2O2/c1-12-5-2-3-7(11)6(4-5)8(9)10/h2-4,8,11H,1H3. The van der Waals surface area contributed by atoms with Gasteiger partial charge in [-0.15, -0.1) is 0 Å². The SMILES string of the molecule is COc1ccc(O)c(C(F)F)c1. The number of rotatable bonds is 2. The van der Waals surface area contributed by atoms with Crippen LogP contribution in [0.25, 0.3) is 0 Å². The maximum absolute atomic E-state index is 12.1. The summed E-state index contributed by atoms with van der Waals surface area (Å²) in [5.74, 6) is -0.103. The van der Waals surface area contributed by atoms with E-state index in [0.717, 1.165) is 6.07 Å². The van der Waals surface area contributed by atoms with E-state index in [1.165, 1.54) is 19.2 Å². The third-order valence-corrected chi connectivity index (χ3v) is 1.47. The zero-order chi connectivity index (χ0) is 9.14. The normalized spacial score (nSPS) is 10.3. The van der Waals surface area contributed by atoms with Crippen LogP contribution >= 0.6 is 0 Å². The molecule has 0 heterocycles. The second-order valence-electron chi connectivity index (χ2n) is 2.23. The summed E-state index contributed by atoms with van der Waals surface area (Å²) in [5.41, 5.74) is -0.408. The van der Waals surface area contributed by atoms with Crippen molar-refractivity contribution in [2.45, 2.75) is 6.43 Å². The van der Waals surface area contributed by atoms with Crippen LogP contribution in [-0.4, -0.2) is 12.2 Å². The minimum absolute atomic E-state index is 0.308. The molecule has 0 bridgehead atoms. The van der Waals surface area contributed by atoms with Crippen LogP contribution in [0.1, 0.15) is 12.0 Å². The van der Waals surface area contributed by atoms with Gasteiger partial charge in [0.05, 0.1) is 12.7 Å². The Kier molecular flexibility index (Phi) is 2.47. The highest BCUT2D eigenvalue weighted by atomic mass is 19.3. The Hall–Kier alpha value is -1.32. The number of phenols is 1. The van der Waals surface area contributed by atoms with Crippen molar-refractivity contribution in [2.75, 3.05) is 7.11 Å². The molecular formula is C8H8F2O2. The quantitative estimate of drug-likeness (QED) is 0.745. The van der Waals surface area contributed by atoms with Crippen LogP contribution in [0, 0.1) is 0 Å². The van der Waals surface area contributed by atoms with Crippen molar-refractivity contribution in [3.63, 3.8) is 0 Å². The lowest BCUT2D eigenvalue weighted by atomic mass is 10.2. The van der Waals surface area contributed by atoms with E-state index in [-0.39, 0.29) is 0 Å². The van der Waals surface area contributed by atoms with E-state index < -0.39 is 17.7 Å². The summed E-state index contributed by atoms with van der Waals surface area (Å²) >= 11 is 0. The molecule has 0 fully saturated rings. The zero-order valence-electron chi connectivity index (χ0n) is 6.42. The summed E-state index contributed by atoms with van der Waals surface area (Å²) in [5, 5.41) is 8.97. The number of methoxy groups -OCH3 is 1. The Morgan fingerprint density at radius 2 is 2.08 bits per heavy atom. The first-order chi connectivity index (χ1) is 5.65. The van der Waals surface area contributed by atoms with Gasteiger partial charge in [-0.3, -0.25) is 0 Å². The fourth-order valence-electron chi connectivity index (χ4n) is 0.834. The Labute approximate surface area is 68.4 Å². The molecule has 1 N–H and O–H groups in total. The smallest absolute Gasteiger partial charge is 0.267 e. The van der Waals surface area contributed by atoms with Crippen LogP contribution in [0.15, 0.2) is 18.2 Å². The minimum Gasteiger partial charge on any atom is -0.507 e. The summed E-state index contributed by atoms with van der Waals surface area (Å²) in [6.45, 7) is 0. The van der Waals surface area contributed by atoms with Crippen LogP contribution in [0.2, 0.25) is 0 Å². The largest absolute Gasteiger partial charge is 0.507 e. The van der Waals surface area contributed by atoms with Gasteiger partial charge >= 0.3 is 0 Å². The molecule has 0 saturated heterocycles. The summed E-state index contributed by atoms with van der Waals surface area (Å²) in [6, 6.07) is 3.71. The molecular weight excluding hydrogens is 166 g/mol. The molecule has 0 unspecified atom stereocenters. The van der Waals surface area contributed by atoms with Crippen molar-refractivity contribution in [2.24, 2.45) is 0 Å². The molecule has 12 heavy (non-hydrogen) atoms. The predicted molar refractivity (Wildman–Crippen MR) is 39.6 cm³/mol. The molecule has 1 aromatic carbocycles. The molecule has 2 nitrogen and oxygen atoms in total. The number of benzene rings is 1. The molecule has 0 amide bonds. The first-order valence-corrected chi connectivity index (χ1v) is 3.30. The van der Waals surface area contributed by atoms with Gasteiger partial charge in [0.1, 0.15) is 11.5 Å². The Morgan fingerprint density at radius 3 is 2.58 bits per heavy atom. The molecule has 0 aromatic heterocycles. The van der Waals surface area contributed by atoms with Crippen molar-refractivity contribution >= 4 is 0 Å². The lowest BCUT2D eigenvalue weighted by molar-refractivity contribution is 0.147. The molecule has 0 aliphatic heterocycles. The number of aromatic hydroxyl groups is 1. The van der Waals surface area contributed by atoms with Crippen LogP contribution in [0.5, 0.6) is 11.5 Å². The maximum Gasteiger partial charge on any atom is 0.267 e. The van der Waals surface area contributed by atoms with Gasteiger partial charge in [-0.25, -0.2) is 8.78 Å². The molecule has 1 aromatic rings. The van der Waals surface area contributed by atoms with Gasteiger partial charge in [-0.05, 0) is 18.2 Å². The van der Waals surface area contributed by atoms with E-state index >= 15 is 0 Å². The van der Waals surface area contributed by atoms with E-state index in [0.29, 0.717) is 5.75 Å². The monoisotopic (exact) mass is 174 g/mol. The van der Waals surface area contributed by atoms with E-state index in [2.05, 4.69) is 0 Å². The van der Waals surface area contributed by atoms with E-state index in [9.17, 15) is 8.78 Å². The zero-order valence-corrected chi connectivity index (χ0v) is 6.42. The lowest BCUT2D eigenvalue weighted by Crippen LogP contribution is -1.88. The summed E-state index contributed by atoms with van der Waals surface area (Å²) in [4.78, 5) is 0. The topological polar surface area (TPSA) is 29.5 Å². The molecule has 0 radical (unpaired) electrons. The molecule has 0 aliphatic carbocycles. The fourth-order valence-corrected chi connectivity index (χ4v) is 0.834. The number of phenolic OH excluding ortho intramolecular Hbond substituents is 1. The first-order valence-electron chi connectivity index (χ1n) is 3.30. The molecule has 0 atom stereocenters. The Balaban J connectivity index is 3.08. The molecule has 1 rings (SSSR count). The third-order valence-electron chi connectivity index (χ3n) is 1.47. The predicted octanol–water partition coefficient (Wildman–Crippen LogP) is 2.34. The summed E-state index contributed by atoms with van der Waals surface area (Å²) < 4.78 is 29.0. The van der Waals surface area contributed by atoms with Crippen molar-refractivity contribution in [3.8, 4) is 11.5 Å². The van der Waals surface area contributed by atoms with Crippen LogP contribution in [0.4, 0.5) is 8.78 Å². The molecule has 0 aliphatic rings. The average molecular weight is 174 g/mol. The summed E-state index contributed by atoms with van der Waals surface area (Å²) in [6.07, 6.45) is -2.68. The number of hydrogen-bond acceptors (Lipinski definition) is 2. The van der Waals surface area contributed by atoms with E-state index in [1.54, 1.807) is 0 Å². The first kappa shape index (κ1) is 8.77. The minimum atomic E-state index is -2.68. The highest BCUT2D eigenvalue weighted by Gasteiger charge is 2.12. The van der Waals surface area contributed by atoms with Crippen LogP contribution < -0.4 is 4.74 Å². The maximum atomic E-state index is 12.1. The Morgan fingerprint density at radius 1 is 1.42 bits per heavy atom. The molecule has 66 valence electrons. The van der Waals surface area contributed by atoms with Gasteiger partial charge in [0, 0.05) is 0 Å². The fraction of sp³-hybridized carbons (Fsp3) is 0.250. The van der Waals surface area contributed by atoms with Crippen molar-refractivity contribution in [1.29, 1.82) is 0 Å². The third kappa shape index (κ3) is 1.64. The molecule has 0 saturated carbocycles. The van der Waals surface area contributed by atoms with Gasteiger partial charge in [-0.2, -0.15) is 0 Å². The van der Waals surface area contributed by atoms with Crippen LogP contribution in [-0.2, 0) is 0 Å². The second-order valence-corrected chi connectivity index (χ2v) is 2.23. The number of hydrogen-bond donors (Lipinski definition) is 1. The van der Waals surface area contributed by atoms with Crippen LogP contribution in [0.3, 0.4) is 0 Å². The number of alkyl halides is 2. The average Bonchev–Trinajstić information content (AvgIpc) is 2.05. The van der Waals surface area contributed by atoms with Gasteiger partial charge in [0.2, 0.25) is 0 Å². The van der Waals surface area contributed by atoms with E-state index in [1.807, 2.05) is 0 Å². The molecule has 4 heteroatoms. The van der Waals surface area contributed by atoms with Gasteiger partial charge < -0.3 is 9.84 Å². The van der Waals surface area contributed by atoms with Gasteiger partial charge in [0.25, 0.3) is 6.43 Å². The van der Waals surface area contributed by atoms with Gasteiger partial charge in [-0.1, -0.05) is 0 Å². The second kappa shape index (κ2) is 3.38. The molecule has 0 spiro atoms. The Bertz CT molecular complexity index is 274. The van der Waals surface area contributed by atoms with E-state index in [4.69, 9.17) is 9.84 Å². The lowest BCUT2D eigenvalue weighted by Gasteiger charge is -2.05.